The molecule has 0 saturated heterocycles. The molecule has 0 aliphatic rings. The fourth-order valence-electron chi connectivity index (χ4n) is 1.03. The number of hydrogen-bond acceptors (Lipinski definition) is 4. The molecule has 0 unspecified atom stereocenters. The molecule has 15 heavy (non-hydrogen) atoms. The lowest BCUT2D eigenvalue weighted by Gasteiger charge is -2.10. The summed E-state index contributed by atoms with van der Waals surface area (Å²) in [4.78, 5) is 11.0. The van der Waals surface area contributed by atoms with Crippen molar-refractivity contribution in [2.24, 2.45) is 0 Å². The van der Waals surface area contributed by atoms with Crippen molar-refractivity contribution in [1.29, 1.82) is 0 Å². The maximum Gasteiger partial charge on any atom is 0.333 e. The Kier molecular flexibility index (Phi) is 8.26. The van der Waals surface area contributed by atoms with Gasteiger partial charge in [-0.15, -0.1) is 0 Å². The van der Waals surface area contributed by atoms with E-state index in [-0.39, 0.29) is 5.97 Å². The molecule has 0 atom stereocenters. The highest BCUT2D eigenvalue weighted by atomic mass is 28.3. The predicted molar refractivity (Wildman–Crippen MR) is 61.0 cm³/mol. The van der Waals surface area contributed by atoms with Crippen molar-refractivity contribution in [3.05, 3.63) is 12.2 Å². The Hall–Kier alpha value is -0.653. The van der Waals surface area contributed by atoms with Gasteiger partial charge in [-0.1, -0.05) is 6.58 Å². The number of hydrogen-bond donors (Lipinski definition) is 0. The molecular formula is C10H20O4Si. The second-order valence-electron chi connectivity index (χ2n) is 3.31. The molecule has 0 spiro atoms. The molecule has 0 aromatic rings. The lowest BCUT2D eigenvalue weighted by Crippen LogP contribution is -2.18. The number of ether oxygens (including phenoxy) is 1. The highest BCUT2D eigenvalue weighted by molar-refractivity contribution is 6.44. The summed E-state index contributed by atoms with van der Waals surface area (Å²) in [6, 6.07) is 0.942. The fourth-order valence-corrected chi connectivity index (χ4v) is 2.32. The summed E-state index contributed by atoms with van der Waals surface area (Å²) in [6.07, 6.45) is 1.80. The van der Waals surface area contributed by atoms with E-state index in [0.717, 1.165) is 18.9 Å². The van der Waals surface area contributed by atoms with Crippen molar-refractivity contribution in [3.8, 4) is 0 Å². The fraction of sp³-hybridized carbons (Fsp3) is 0.700. The van der Waals surface area contributed by atoms with Crippen LogP contribution in [0.3, 0.4) is 0 Å². The molecule has 0 N–H and O–H groups in total. The number of unbranched alkanes of at least 4 members (excludes halogenated alkanes) is 1. The Bertz CT molecular complexity index is 202. The molecule has 0 fully saturated rings. The zero-order valence-electron chi connectivity index (χ0n) is 9.75. The Labute approximate surface area is 93.1 Å². The van der Waals surface area contributed by atoms with Crippen LogP contribution in [0.4, 0.5) is 0 Å². The van der Waals surface area contributed by atoms with E-state index >= 15 is 0 Å². The summed E-state index contributed by atoms with van der Waals surface area (Å²) in [5.74, 6) is -0.317. The van der Waals surface area contributed by atoms with Crippen molar-refractivity contribution >= 4 is 15.3 Å². The molecule has 4 nitrogen and oxygen atoms in total. The summed E-state index contributed by atoms with van der Waals surface area (Å²) < 4.78 is 15.3. The van der Waals surface area contributed by atoms with Crippen LogP contribution < -0.4 is 0 Å². The molecule has 88 valence electrons. The highest BCUT2D eigenvalue weighted by Gasteiger charge is 2.08. The molecule has 0 aromatic carbocycles. The SMILES string of the molecule is C=C(C)C(=O)OCCCC[SiH](OC)OC. The maximum atomic E-state index is 11.0. The van der Waals surface area contributed by atoms with Gasteiger partial charge in [0.05, 0.1) is 6.61 Å². The van der Waals surface area contributed by atoms with Crippen LogP contribution in [0.2, 0.25) is 6.04 Å². The summed E-state index contributed by atoms with van der Waals surface area (Å²) in [5.41, 5.74) is 0.441. The van der Waals surface area contributed by atoms with Gasteiger partial charge >= 0.3 is 15.3 Å². The molecule has 0 saturated carbocycles. The summed E-state index contributed by atoms with van der Waals surface area (Å²) >= 11 is 0. The Morgan fingerprint density at radius 3 is 2.33 bits per heavy atom. The Morgan fingerprint density at radius 1 is 1.27 bits per heavy atom. The third-order valence-electron chi connectivity index (χ3n) is 1.94. The number of rotatable bonds is 8. The smallest absolute Gasteiger partial charge is 0.333 e. The highest BCUT2D eigenvalue weighted by Crippen LogP contribution is 2.03. The van der Waals surface area contributed by atoms with E-state index < -0.39 is 9.28 Å². The van der Waals surface area contributed by atoms with Crippen molar-refractivity contribution in [1.82, 2.24) is 0 Å². The van der Waals surface area contributed by atoms with Gasteiger partial charge in [0.2, 0.25) is 0 Å². The van der Waals surface area contributed by atoms with Crippen LogP contribution in [0.1, 0.15) is 19.8 Å². The van der Waals surface area contributed by atoms with Gasteiger partial charge in [0, 0.05) is 19.8 Å². The van der Waals surface area contributed by atoms with E-state index in [4.69, 9.17) is 13.6 Å². The minimum absolute atomic E-state index is 0.317. The summed E-state index contributed by atoms with van der Waals surface area (Å²) in [6.45, 7) is 5.59. The quantitative estimate of drug-likeness (QED) is 0.275. The van der Waals surface area contributed by atoms with E-state index in [9.17, 15) is 4.79 Å². The molecule has 0 aliphatic heterocycles. The minimum Gasteiger partial charge on any atom is -0.462 e. The third-order valence-corrected chi connectivity index (χ3v) is 3.87. The first-order chi connectivity index (χ1) is 7.11. The van der Waals surface area contributed by atoms with Gasteiger partial charge in [-0.2, -0.15) is 0 Å². The molecule has 0 radical (unpaired) electrons. The lowest BCUT2D eigenvalue weighted by molar-refractivity contribution is -0.139. The van der Waals surface area contributed by atoms with Crippen LogP contribution in [-0.2, 0) is 18.4 Å². The number of esters is 1. The summed E-state index contributed by atoms with van der Waals surface area (Å²) in [5, 5.41) is 0. The molecule has 0 aliphatic carbocycles. The maximum absolute atomic E-state index is 11.0. The number of carbonyl (C=O) groups is 1. The van der Waals surface area contributed by atoms with Crippen molar-refractivity contribution < 1.29 is 18.4 Å². The van der Waals surface area contributed by atoms with Crippen LogP contribution in [0.25, 0.3) is 0 Å². The van der Waals surface area contributed by atoms with Gasteiger partial charge in [0.25, 0.3) is 0 Å². The van der Waals surface area contributed by atoms with Gasteiger partial charge in [0.15, 0.2) is 0 Å². The lowest BCUT2D eigenvalue weighted by atomic mass is 10.3. The van der Waals surface area contributed by atoms with E-state index in [1.165, 1.54) is 0 Å². The zero-order chi connectivity index (χ0) is 11.7. The molecule has 0 amide bonds. The summed E-state index contributed by atoms with van der Waals surface area (Å²) in [7, 11) is 1.90. The topological polar surface area (TPSA) is 44.8 Å². The van der Waals surface area contributed by atoms with Crippen molar-refractivity contribution in [2.75, 3.05) is 20.8 Å². The van der Waals surface area contributed by atoms with E-state index in [1.54, 1.807) is 21.1 Å². The predicted octanol–water partition coefficient (Wildman–Crippen LogP) is 1.40. The second-order valence-corrected chi connectivity index (χ2v) is 5.69. The first-order valence-electron chi connectivity index (χ1n) is 5.00. The third kappa shape index (κ3) is 7.30. The van der Waals surface area contributed by atoms with Gasteiger partial charge in [-0.05, 0) is 25.8 Å². The molecule has 5 heteroatoms. The van der Waals surface area contributed by atoms with Gasteiger partial charge in [0.1, 0.15) is 0 Å². The average Bonchev–Trinajstić information content (AvgIpc) is 2.23. The van der Waals surface area contributed by atoms with Crippen LogP contribution >= 0.6 is 0 Å². The average molecular weight is 232 g/mol. The Balaban J connectivity index is 3.39. The van der Waals surface area contributed by atoms with Gasteiger partial charge < -0.3 is 13.6 Å². The molecule has 0 heterocycles. The normalized spacial score (nSPS) is 10.4. The largest absolute Gasteiger partial charge is 0.462 e. The number of carbonyl (C=O) groups excluding carboxylic acids is 1. The first-order valence-corrected chi connectivity index (χ1v) is 6.76. The molecular weight excluding hydrogens is 212 g/mol. The second kappa shape index (κ2) is 8.64. The van der Waals surface area contributed by atoms with Crippen LogP contribution in [0.15, 0.2) is 12.2 Å². The Morgan fingerprint density at radius 2 is 1.87 bits per heavy atom. The van der Waals surface area contributed by atoms with Crippen molar-refractivity contribution in [3.63, 3.8) is 0 Å². The molecule has 0 rings (SSSR count). The standard InChI is InChI=1S/C10H20O4Si/c1-9(2)10(11)14-7-5-6-8-15(12-3)13-4/h15H,1,5-8H2,2-4H3. The van der Waals surface area contributed by atoms with E-state index in [1.807, 2.05) is 0 Å². The first kappa shape index (κ1) is 14.3. The van der Waals surface area contributed by atoms with Crippen LogP contribution in [-0.4, -0.2) is 36.1 Å². The van der Waals surface area contributed by atoms with E-state index in [2.05, 4.69) is 6.58 Å². The minimum atomic E-state index is -1.44. The van der Waals surface area contributed by atoms with Crippen molar-refractivity contribution in [2.45, 2.75) is 25.8 Å². The monoisotopic (exact) mass is 232 g/mol. The molecule has 0 aromatic heterocycles. The van der Waals surface area contributed by atoms with Gasteiger partial charge in [-0.3, -0.25) is 0 Å². The van der Waals surface area contributed by atoms with Crippen LogP contribution in [0.5, 0.6) is 0 Å². The zero-order valence-corrected chi connectivity index (χ0v) is 10.9. The van der Waals surface area contributed by atoms with Crippen LogP contribution in [0, 0.1) is 0 Å². The van der Waals surface area contributed by atoms with Gasteiger partial charge in [-0.25, -0.2) is 4.79 Å². The molecule has 0 bridgehead atoms. The van der Waals surface area contributed by atoms with E-state index in [0.29, 0.717) is 12.2 Å².